The predicted octanol–water partition coefficient (Wildman–Crippen LogP) is -7.03. The minimum atomic E-state index is -2.19. The van der Waals surface area contributed by atoms with Crippen LogP contribution in [0.4, 0.5) is 0 Å². The van der Waals surface area contributed by atoms with Gasteiger partial charge in [-0.15, -0.1) is 0 Å². The Morgan fingerprint density at radius 3 is 0.615 bits per heavy atom. The third-order valence-electron chi connectivity index (χ3n) is 0.333. The van der Waals surface area contributed by atoms with E-state index in [1.807, 2.05) is 0 Å². The second-order valence-corrected chi connectivity index (χ2v) is 1.15. The topological polar surface area (TPSA) is 161 Å². The molecule has 0 aromatic heterocycles. The minimum Gasteiger partial charge on any atom is -0.543 e. The molecule has 0 aliphatic heterocycles. The molecule has 8 nitrogen and oxygen atoms in total. The van der Waals surface area contributed by atoms with Crippen LogP contribution in [-0.2, 0) is 19.2 Å². The van der Waals surface area contributed by atoms with E-state index >= 15 is 0 Å². The number of hydrogen-bond acceptors (Lipinski definition) is 8. The molecular weight excluding hydrogens is 413 g/mol. The monoisotopic (exact) mass is 412 g/mol. The Bertz CT molecular complexity index is 172. The summed E-state index contributed by atoms with van der Waals surface area (Å²) in [6, 6.07) is 0. The van der Waals surface area contributed by atoms with Gasteiger partial charge in [-0.25, -0.2) is 0 Å². The van der Waals surface area contributed by atoms with Gasteiger partial charge in [0, 0.05) is 29.9 Å². The Morgan fingerprint density at radius 1 is 0.538 bits per heavy atom. The first-order chi connectivity index (χ1) is 5.29. The van der Waals surface area contributed by atoms with Crippen molar-refractivity contribution in [1.29, 1.82) is 0 Å². The summed E-state index contributed by atoms with van der Waals surface area (Å²) in [5.74, 6) is -8.74. The van der Waals surface area contributed by atoms with Crippen LogP contribution >= 0.6 is 0 Å². The number of carbonyl (C=O) groups is 4. The molecule has 0 spiro atoms. The number of aliphatic carboxylic acids is 4. The van der Waals surface area contributed by atoms with E-state index in [1.165, 1.54) is 0 Å². The van der Waals surface area contributed by atoms with Crippen LogP contribution < -0.4 is 20.4 Å². The van der Waals surface area contributed by atoms with Crippen LogP contribution in [0.5, 0.6) is 0 Å². The Labute approximate surface area is 93.4 Å². The molecule has 0 N–H and O–H groups in total. The van der Waals surface area contributed by atoms with Gasteiger partial charge in [-0.1, -0.05) is 0 Å². The second-order valence-electron chi connectivity index (χ2n) is 1.15. The van der Waals surface area contributed by atoms with Crippen LogP contribution in [0.3, 0.4) is 0 Å². The zero-order valence-corrected chi connectivity index (χ0v) is 9.44. The van der Waals surface area contributed by atoms with Crippen molar-refractivity contribution in [3.05, 3.63) is 0 Å². The average Bonchev–Trinajstić information content (AvgIpc) is 1.88. The first kappa shape index (κ1) is 17.8. The molecule has 0 aliphatic carbocycles. The Morgan fingerprint density at radius 2 is 0.615 bits per heavy atom. The van der Waals surface area contributed by atoms with E-state index in [2.05, 4.69) is 0 Å². The molecule has 1 radical (unpaired) electrons. The van der Waals surface area contributed by atoms with Crippen LogP contribution in [0.15, 0.2) is 0 Å². The minimum absolute atomic E-state index is 0. The van der Waals surface area contributed by atoms with Crippen molar-refractivity contribution >= 4 is 23.9 Å². The first-order valence-electron chi connectivity index (χ1n) is 2.13. The summed E-state index contributed by atoms with van der Waals surface area (Å²) in [7, 11) is 0. The van der Waals surface area contributed by atoms with Gasteiger partial charge in [-0.2, -0.15) is 0 Å². The van der Waals surface area contributed by atoms with Gasteiger partial charge in [0.15, 0.2) is 0 Å². The van der Waals surface area contributed by atoms with E-state index in [9.17, 15) is 0 Å². The van der Waals surface area contributed by atoms with Crippen LogP contribution in [0, 0.1) is 29.9 Å². The summed E-state index contributed by atoms with van der Waals surface area (Å²) in [6.45, 7) is 0. The van der Waals surface area contributed by atoms with Gasteiger partial charge < -0.3 is 39.6 Å². The molecule has 0 saturated heterocycles. The Balaban J connectivity index is -0.000000143. The first-order valence-corrected chi connectivity index (χ1v) is 2.13. The van der Waals surface area contributed by atoms with Crippen molar-refractivity contribution in [2.24, 2.45) is 0 Å². The number of hydrogen-bond donors (Lipinski definition) is 0. The van der Waals surface area contributed by atoms with E-state index in [4.69, 9.17) is 39.6 Å². The van der Waals surface area contributed by atoms with Crippen molar-refractivity contribution < 1.29 is 69.5 Å². The van der Waals surface area contributed by atoms with Crippen LogP contribution in [-0.4, -0.2) is 23.9 Å². The van der Waals surface area contributed by atoms with Gasteiger partial charge in [-0.05, 0) is 0 Å². The standard InChI is InChI=1S/2C2H2O4.Np/c2*3-1(4)2(5)6;/h2*(H,3,4)(H,5,6);/p-4. The van der Waals surface area contributed by atoms with Crippen LogP contribution in [0.25, 0.3) is 0 Å². The fraction of sp³-hybridized carbons (Fsp3) is 0. The van der Waals surface area contributed by atoms with E-state index < -0.39 is 23.9 Å². The van der Waals surface area contributed by atoms with Gasteiger partial charge in [0.2, 0.25) is 0 Å². The van der Waals surface area contributed by atoms with Crippen molar-refractivity contribution in [2.75, 3.05) is 0 Å². The molecule has 0 atom stereocenters. The molecule has 0 aliphatic rings. The molecular formula is C4NpO8-4. The van der Waals surface area contributed by atoms with Crippen molar-refractivity contribution in [2.45, 2.75) is 0 Å². The van der Waals surface area contributed by atoms with Crippen molar-refractivity contribution in [1.82, 2.24) is 0 Å². The van der Waals surface area contributed by atoms with E-state index in [0.29, 0.717) is 0 Å². The maximum absolute atomic E-state index is 8.93. The molecule has 0 unspecified atom stereocenters. The molecule has 0 fully saturated rings. The SMILES string of the molecule is O=C([O-])C(=O)[O-].O=C([O-])C(=O)[O-].[Np]. The molecule has 0 aromatic carbocycles. The fourth-order valence-corrected chi connectivity index (χ4v) is 0. The summed E-state index contributed by atoms with van der Waals surface area (Å²) in [5.41, 5.74) is 0. The number of rotatable bonds is 0. The van der Waals surface area contributed by atoms with Crippen LogP contribution in [0.2, 0.25) is 0 Å². The normalized spacial score (nSPS) is 6.77. The summed E-state index contributed by atoms with van der Waals surface area (Å²) in [5, 5.41) is 35.7. The third-order valence-corrected chi connectivity index (χ3v) is 0.333. The molecule has 73 valence electrons. The quantitative estimate of drug-likeness (QED) is 0.354. The maximum Gasteiger partial charge on any atom is 0.0870 e. The predicted molar refractivity (Wildman–Crippen MR) is 20.0 cm³/mol. The Hall–Kier alpha value is -1.11. The van der Waals surface area contributed by atoms with Gasteiger partial charge in [0.25, 0.3) is 0 Å². The molecule has 0 rings (SSSR count). The smallest absolute Gasteiger partial charge is 0.0870 e. The third kappa shape index (κ3) is 18.1. The second kappa shape index (κ2) is 8.98. The summed E-state index contributed by atoms with van der Waals surface area (Å²) >= 11 is 0. The summed E-state index contributed by atoms with van der Waals surface area (Å²) in [4.78, 5) is 35.7. The number of carboxylic acids is 4. The van der Waals surface area contributed by atoms with Gasteiger partial charge >= 0.3 is 0 Å². The fourth-order valence-electron chi connectivity index (χ4n) is 0. The largest absolute Gasteiger partial charge is 0.543 e. The van der Waals surface area contributed by atoms with Gasteiger partial charge in [0.05, 0.1) is 23.9 Å². The van der Waals surface area contributed by atoms with E-state index in [-0.39, 0.29) is 29.9 Å². The maximum atomic E-state index is 8.93. The summed E-state index contributed by atoms with van der Waals surface area (Å²) in [6.07, 6.45) is 0. The number of carboxylic acid groups (broad SMARTS) is 4. The van der Waals surface area contributed by atoms with Crippen LogP contribution in [0.1, 0.15) is 0 Å². The van der Waals surface area contributed by atoms with Crippen molar-refractivity contribution in [3.63, 3.8) is 0 Å². The van der Waals surface area contributed by atoms with Gasteiger partial charge in [0.1, 0.15) is 0 Å². The van der Waals surface area contributed by atoms with Gasteiger partial charge in [-0.3, -0.25) is 0 Å². The zero-order chi connectivity index (χ0) is 10.3. The molecule has 0 aromatic rings. The molecule has 13 heavy (non-hydrogen) atoms. The van der Waals surface area contributed by atoms with E-state index in [1.54, 1.807) is 0 Å². The molecule has 0 bridgehead atoms. The molecule has 0 heterocycles. The number of carbonyl (C=O) groups excluding carboxylic acids is 4. The van der Waals surface area contributed by atoms with E-state index in [0.717, 1.165) is 0 Å². The zero-order valence-electron chi connectivity index (χ0n) is 5.71. The summed E-state index contributed by atoms with van der Waals surface area (Å²) < 4.78 is 0. The molecule has 9 heteroatoms. The molecule has 0 saturated carbocycles. The Kier molecular flexibility index (Phi) is 12.3. The van der Waals surface area contributed by atoms with Crippen molar-refractivity contribution in [3.8, 4) is 0 Å². The molecule has 0 amide bonds. The average molecular weight is 413 g/mol.